The van der Waals surface area contributed by atoms with Crippen LogP contribution in [0.25, 0.3) is 0 Å². The van der Waals surface area contributed by atoms with E-state index in [2.05, 4.69) is 0 Å². The van der Waals surface area contributed by atoms with Gasteiger partial charge in [-0.2, -0.15) is 0 Å². The van der Waals surface area contributed by atoms with E-state index in [1.54, 1.807) is 19.2 Å². The first-order valence-electron chi connectivity index (χ1n) is 6.00. The van der Waals surface area contributed by atoms with Gasteiger partial charge in [-0.1, -0.05) is 18.2 Å². The minimum Gasteiger partial charge on any atom is -0.496 e. The van der Waals surface area contributed by atoms with E-state index in [-0.39, 0.29) is 5.82 Å². The van der Waals surface area contributed by atoms with Crippen molar-refractivity contribution in [3.8, 4) is 5.75 Å². The van der Waals surface area contributed by atoms with E-state index in [1.165, 1.54) is 6.07 Å². The van der Waals surface area contributed by atoms with Gasteiger partial charge in [0.1, 0.15) is 11.6 Å². The van der Waals surface area contributed by atoms with Crippen LogP contribution in [0.4, 0.5) is 15.8 Å². The summed E-state index contributed by atoms with van der Waals surface area (Å²) in [6, 6.07) is 12.4. The summed E-state index contributed by atoms with van der Waals surface area (Å²) in [7, 11) is 3.46. The summed E-state index contributed by atoms with van der Waals surface area (Å²) in [4.78, 5) is 1.83. The van der Waals surface area contributed by atoms with E-state index >= 15 is 0 Å². The number of nitrogens with two attached hydrogens (primary N) is 1. The quantitative estimate of drug-likeness (QED) is 0.859. The van der Waals surface area contributed by atoms with Gasteiger partial charge in [-0.05, 0) is 24.3 Å². The Balaban J connectivity index is 2.23. The number of methoxy groups -OCH3 is 1. The number of nitrogens with zero attached hydrogens (tertiary/aromatic N) is 1. The van der Waals surface area contributed by atoms with E-state index in [9.17, 15) is 4.39 Å². The summed E-state index contributed by atoms with van der Waals surface area (Å²) in [5.41, 5.74) is 7.49. The number of benzene rings is 2. The normalized spacial score (nSPS) is 10.3. The first-order chi connectivity index (χ1) is 9.11. The van der Waals surface area contributed by atoms with Gasteiger partial charge >= 0.3 is 0 Å². The maximum absolute atomic E-state index is 13.8. The highest BCUT2D eigenvalue weighted by Gasteiger charge is 2.10. The molecule has 0 aliphatic heterocycles. The highest BCUT2D eigenvalue weighted by molar-refractivity contribution is 5.54. The molecule has 0 radical (unpaired) electrons. The number of hydrogen-bond acceptors (Lipinski definition) is 3. The van der Waals surface area contributed by atoms with Crippen LogP contribution in [0.1, 0.15) is 5.56 Å². The highest BCUT2D eigenvalue weighted by atomic mass is 19.1. The second kappa shape index (κ2) is 5.61. The van der Waals surface area contributed by atoms with Crippen LogP contribution in [0, 0.1) is 5.82 Å². The number of anilines is 2. The maximum atomic E-state index is 13.8. The predicted molar refractivity (Wildman–Crippen MR) is 75.9 cm³/mol. The number of para-hydroxylation sites is 1. The average Bonchev–Trinajstić information content (AvgIpc) is 2.39. The zero-order valence-electron chi connectivity index (χ0n) is 11.1. The molecule has 0 atom stereocenters. The number of nitrogen functional groups attached to an aromatic ring is 1. The third kappa shape index (κ3) is 2.96. The van der Waals surface area contributed by atoms with Gasteiger partial charge in [0.05, 0.1) is 12.8 Å². The number of hydrogen-bond donors (Lipinski definition) is 1. The van der Waals surface area contributed by atoms with E-state index < -0.39 is 0 Å². The third-order valence-corrected chi connectivity index (χ3v) is 2.98. The molecule has 0 saturated heterocycles. The Labute approximate surface area is 112 Å². The van der Waals surface area contributed by atoms with Gasteiger partial charge in [0.15, 0.2) is 0 Å². The fraction of sp³-hybridized carbons (Fsp3) is 0.200. The number of halogens is 1. The Morgan fingerprint density at radius 2 is 1.95 bits per heavy atom. The second-order valence-corrected chi connectivity index (χ2v) is 4.38. The van der Waals surface area contributed by atoms with Crippen molar-refractivity contribution in [2.45, 2.75) is 6.54 Å². The Bertz CT molecular complexity index is 572. The number of rotatable bonds is 4. The Kier molecular flexibility index (Phi) is 3.90. The number of ether oxygens (including phenoxy) is 1. The fourth-order valence-corrected chi connectivity index (χ4v) is 2.01. The molecule has 0 aliphatic carbocycles. The van der Waals surface area contributed by atoms with Crippen molar-refractivity contribution in [1.82, 2.24) is 0 Å². The van der Waals surface area contributed by atoms with Crippen LogP contribution in [-0.4, -0.2) is 14.2 Å². The first-order valence-corrected chi connectivity index (χ1v) is 6.00. The summed E-state index contributed by atoms with van der Waals surface area (Å²) < 4.78 is 19.1. The minimum absolute atomic E-state index is 0.322. The van der Waals surface area contributed by atoms with Gasteiger partial charge in [-0.3, -0.25) is 0 Å². The summed E-state index contributed by atoms with van der Waals surface area (Å²) in [5, 5.41) is 0. The lowest BCUT2D eigenvalue weighted by Crippen LogP contribution is -2.18. The van der Waals surface area contributed by atoms with Crippen LogP contribution in [0.3, 0.4) is 0 Å². The topological polar surface area (TPSA) is 38.5 Å². The van der Waals surface area contributed by atoms with Crippen molar-refractivity contribution in [2.75, 3.05) is 24.8 Å². The molecular formula is C15H17FN2O. The van der Waals surface area contributed by atoms with Crippen molar-refractivity contribution >= 4 is 11.4 Å². The molecule has 2 N–H and O–H groups in total. The lowest BCUT2D eigenvalue weighted by atomic mass is 10.1. The first kappa shape index (κ1) is 13.2. The van der Waals surface area contributed by atoms with Gasteiger partial charge in [-0.25, -0.2) is 4.39 Å². The van der Waals surface area contributed by atoms with Crippen LogP contribution in [-0.2, 0) is 6.54 Å². The van der Waals surface area contributed by atoms with Crippen LogP contribution in [0.5, 0.6) is 5.75 Å². The highest BCUT2D eigenvalue weighted by Crippen LogP contribution is 2.25. The fourth-order valence-electron chi connectivity index (χ4n) is 2.01. The van der Waals surface area contributed by atoms with Crippen molar-refractivity contribution in [3.05, 3.63) is 53.8 Å². The maximum Gasteiger partial charge on any atom is 0.148 e. The largest absolute Gasteiger partial charge is 0.496 e. The van der Waals surface area contributed by atoms with E-state index in [0.717, 1.165) is 11.3 Å². The van der Waals surface area contributed by atoms with E-state index in [0.29, 0.717) is 17.9 Å². The average molecular weight is 260 g/mol. The molecule has 2 aromatic carbocycles. The molecule has 2 aromatic rings. The SMILES string of the molecule is COc1ccccc1CN(C)c1ccc(N)cc1F. The van der Waals surface area contributed by atoms with Crippen LogP contribution >= 0.6 is 0 Å². The van der Waals surface area contributed by atoms with Gasteiger partial charge in [0.2, 0.25) is 0 Å². The predicted octanol–water partition coefficient (Wildman–Crippen LogP) is 3.05. The summed E-state index contributed by atoms with van der Waals surface area (Å²) in [6.45, 7) is 0.560. The van der Waals surface area contributed by atoms with Gasteiger partial charge in [0.25, 0.3) is 0 Å². The molecule has 0 spiro atoms. The smallest absolute Gasteiger partial charge is 0.148 e. The molecule has 0 bridgehead atoms. The Morgan fingerprint density at radius 3 is 2.63 bits per heavy atom. The van der Waals surface area contributed by atoms with Crippen LogP contribution in [0.2, 0.25) is 0 Å². The van der Waals surface area contributed by atoms with Crippen LogP contribution < -0.4 is 15.4 Å². The van der Waals surface area contributed by atoms with Crippen molar-refractivity contribution in [3.63, 3.8) is 0 Å². The molecule has 0 saturated carbocycles. The van der Waals surface area contributed by atoms with E-state index in [4.69, 9.17) is 10.5 Å². The minimum atomic E-state index is -0.322. The van der Waals surface area contributed by atoms with Crippen LogP contribution in [0.15, 0.2) is 42.5 Å². The molecule has 0 unspecified atom stereocenters. The molecule has 0 aromatic heterocycles. The molecule has 0 heterocycles. The summed E-state index contributed by atoms with van der Waals surface area (Å²) >= 11 is 0. The second-order valence-electron chi connectivity index (χ2n) is 4.38. The summed E-state index contributed by atoms with van der Waals surface area (Å²) in [6.07, 6.45) is 0. The van der Waals surface area contributed by atoms with Gasteiger partial charge < -0.3 is 15.4 Å². The van der Waals surface area contributed by atoms with Crippen molar-refractivity contribution in [2.24, 2.45) is 0 Å². The van der Waals surface area contributed by atoms with E-state index in [1.807, 2.05) is 36.2 Å². The molecule has 0 aliphatic rings. The lowest BCUT2D eigenvalue weighted by Gasteiger charge is -2.21. The zero-order chi connectivity index (χ0) is 13.8. The standard InChI is InChI=1S/C15H17FN2O/c1-18(14-8-7-12(17)9-13(14)16)10-11-5-3-4-6-15(11)19-2/h3-9H,10,17H2,1-2H3. The summed E-state index contributed by atoms with van der Waals surface area (Å²) in [5.74, 6) is 0.475. The zero-order valence-corrected chi connectivity index (χ0v) is 11.1. The Hall–Kier alpha value is -2.23. The molecule has 19 heavy (non-hydrogen) atoms. The molecule has 3 nitrogen and oxygen atoms in total. The Morgan fingerprint density at radius 1 is 1.21 bits per heavy atom. The van der Waals surface area contributed by atoms with Gasteiger partial charge in [-0.15, -0.1) is 0 Å². The molecular weight excluding hydrogens is 243 g/mol. The molecule has 0 amide bonds. The molecule has 4 heteroatoms. The molecule has 100 valence electrons. The third-order valence-electron chi connectivity index (χ3n) is 2.98. The monoisotopic (exact) mass is 260 g/mol. The molecule has 0 fully saturated rings. The lowest BCUT2D eigenvalue weighted by molar-refractivity contribution is 0.409. The van der Waals surface area contributed by atoms with Crippen molar-refractivity contribution in [1.29, 1.82) is 0 Å². The van der Waals surface area contributed by atoms with Crippen molar-refractivity contribution < 1.29 is 9.13 Å². The van der Waals surface area contributed by atoms with Gasteiger partial charge in [0, 0.05) is 24.8 Å². The molecule has 2 rings (SSSR count).